The van der Waals surface area contributed by atoms with Gasteiger partial charge in [0.15, 0.2) is 5.96 Å². The molecule has 0 spiro atoms. The molecule has 0 saturated carbocycles. The number of guanidine groups is 1. The summed E-state index contributed by atoms with van der Waals surface area (Å²) in [4.78, 5) is 19.1. The number of hydrogen-bond acceptors (Lipinski definition) is 4. The van der Waals surface area contributed by atoms with E-state index in [1.807, 2.05) is 39.5 Å². The number of amides is 1. The third-order valence-corrected chi connectivity index (χ3v) is 4.90. The maximum absolute atomic E-state index is 12.5. The average Bonchev–Trinajstić information content (AvgIpc) is 2.82. The number of carbonyl (C=O) groups excluding carboxylic acids is 1. The Bertz CT molecular complexity index is 496. The summed E-state index contributed by atoms with van der Waals surface area (Å²) in [5.41, 5.74) is -0.458. The van der Waals surface area contributed by atoms with Gasteiger partial charge in [0.25, 0.3) is 0 Å². The quantitative estimate of drug-likeness (QED) is 0.310. The van der Waals surface area contributed by atoms with E-state index in [-0.39, 0.29) is 54.7 Å². The van der Waals surface area contributed by atoms with Gasteiger partial charge in [0.1, 0.15) is 5.60 Å². The number of nitrogens with zero attached hydrogens (tertiary/aromatic N) is 2. The molecule has 3 N–H and O–H groups in total. The molecule has 0 radical (unpaired) electrons. The first-order chi connectivity index (χ1) is 12.2. The number of carbonyl (C=O) groups is 1. The van der Waals surface area contributed by atoms with Crippen molar-refractivity contribution in [2.75, 3.05) is 19.7 Å². The van der Waals surface area contributed by atoms with Crippen molar-refractivity contribution >= 4 is 36.0 Å². The number of aliphatic hydroxyl groups is 1. The SMILES string of the molecule is CCNC(=NCC(C)CO)NC1CC2CCC(C1)N2C(=O)OC(C)(C)C.I. The van der Waals surface area contributed by atoms with Crippen LogP contribution in [0.3, 0.4) is 0 Å². The van der Waals surface area contributed by atoms with Crippen LogP contribution in [0, 0.1) is 5.92 Å². The molecule has 2 heterocycles. The summed E-state index contributed by atoms with van der Waals surface area (Å²) in [5, 5.41) is 16.0. The molecule has 158 valence electrons. The van der Waals surface area contributed by atoms with Gasteiger partial charge < -0.3 is 25.4 Å². The molecule has 2 rings (SSSR count). The van der Waals surface area contributed by atoms with Gasteiger partial charge in [0.05, 0.1) is 0 Å². The highest BCUT2D eigenvalue weighted by Gasteiger charge is 2.45. The third-order valence-electron chi connectivity index (χ3n) is 4.90. The zero-order valence-electron chi connectivity index (χ0n) is 17.3. The molecule has 2 saturated heterocycles. The normalized spacial score (nSPS) is 26.2. The molecule has 7 nitrogen and oxygen atoms in total. The van der Waals surface area contributed by atoms with Crippen molar-refractivity contribution in [3.8, 4) is 0 Å². The van der Waals surface area contributed by atoms with E-state index in [0.29, 0.717) is 12.6 Å². The Kier molecular flexibility index (Phi) is 9.61. The molecule has 1 amide bonds. The summed E-state index contributed by atoms with van der Waals surface area (Å²) in [6.45, 7) is 11.3. The van der Waals surface area contributed by atoms with Gasteiger partial charge in [0.2, 0.25) is 0 Å². The molecule has 8 heteroatoms. The number of ether oxygens (including phenoxy) is 1. The van der Waals surface area contributed by atoms with E-state index >= 15 is 0 Å². The van der Waals surface area contributed by atoms with Crippen molar-refractivity contribution in [3.63, 3.8) is 0 Å². The zero-order chi connectivity index (χ0) is 19.3. The standard InChI is InChI=1S/C19H36N4O3.HI/c1-6-20-17(21-11-13(2)12-24)22-14-9-15-7-8-16(10-14)23(15)18(25)26-19(3,4)5;/h13-16,24H,6-12H2,1-5H3,(H2,20,21,22);1H. The van der Waals surface area contributed by atoms with E-state index in [1.165, 1.54) is 0 Å². The minimum atomic E-state index is -0.458. The molecule has 3 atom stereocenters. The van der Waals surface area contributed by atoms with E-state index in [9.17, 15) is 9.90 Å². The van der Waals surface area contributed by atoms with Crippen LogP contribution in [0.5, 0.6) is 0 Å². The molecule has 2 fully saturated rings. The number of aliphatic hydroxyl groups excluding tert-OH is 1. The van der Waals surface area contributed by atoms with Crippen molar-refractivity contribution in [3.05, 3.63) is 0 Å². The van der Waals surface area contributed by atoms with Gasteiger partial charge >= 0.3 is 6.09 Å². The topological polar surface area (TPSA) is 86.2 Å². The van der Waals surface area contributed by atoms with E-state index in [2.05, 4.69) is 15.6 Å². The lowest BCUT2D eigenvalue weighted by atomic mass is 9.98. The zero-order valence-corrected chi connectivity index (χ0v) is 19.7. The molecule has 27 heavy (non-hydrogen) atoms. The first kappa shape index (κ1) is 24.3. The van der Waals surface area contributed by atoms with Gasteiger partial charge in [-0.3, -0.25) is 4.99 Å². The predicted octanol–water partition coefficient (Wildman–Crippen LogP) is 2.72. The van der Waals surface area contributed by atoms with Crippen LogP contribution in [0.2, 0.25) is 0 Å². The smallest absolute Gasteiger partial charge is 0.410 e. The summed E-state index contributed by atoms with van der Waals surface area (Å²) in [6, 6.07) is 0.772. The summed E-state index contributed by atoms with van der Waals surface area (Å²) in [5.74, 6) is 0.943. The number of rotatable bonds is 5. The maximum atomic E-state index is 12.5. The highest BCUT2D eigenvalue weighted by atomic mass is 127. The predicted molar refractivity (Wildman–Crippen MR) is 119 cm³/mol. The summed E-state index contributed by atoms with van der Waals surface area (Å²) in [6.07, 6.45) is 3.72. The first-order valence-electron chi connectivity index (χ1n) is 9.90. The lowest BCUT2D eigenvalue weighted by Crippen LogP contribution is -2.55. The molecule has 0 aromatic rings. The van der Waals surface area contributed by atoms with Gasteiger partial charge in [-0.15, -0.1) is 24.0 Å². The fourth-order valence-corrected chi connectivity index (χ4v) is 3.73. The molecule has 3 unspecified atom stereocenters. The van der Waals surface area contributed by atoms with E-state index in [4.69, 9.17) is 4.74 Å². The average molecular weight is 496 g/mol. The number of aliphatic imine (C=N–C) groups is 1. The molecule has 2 aliphatic rings. The van der Waals surface area contributed by atoms with Gasteiger partial charge in [-0.2, -0.15) is 0 Å². The monoisotopic (exact) mass is 496 g/mol. The highest BCUT2D eigenvalue weighted by molar-refractivity contribution is 14.0. The fraction of sp³-hybridized carbons (Fsp3) is 0.895. The molecule has 0 aromatic carbocycles. The number of halogens is 1. The van der Waals surface area contributed by atoms with Crippen LogP contribution in [-0.2, 0) is 4.74 Å². The highest BCUT2D eigenvalue weighted by Crippen LogP contribution is 2.36. The Labute approximate surface area is 180 Å². The Hall–Kier alpha value is -0.770. The lowest BCUT2D eigenvalue weighted by molar-refractivity contribution is 0.00545. The van der Waals surface area contributed by atoms with Crippen molar-refractivity contribution < 1.29 is 14.6 Å². The summed E-state index contributed by atoms with van der Waals surface area (Å²) >= 11 is 0. The van der Waals surface area contributed by atoms with E-state index < -0.39 is 5.60 Å². The van der Waals surface area contributed by atoms with Crippen molar-refractivity contribution in [1.29, 1.82) is 0 Å². The number of hydrogen-bond donors (Lipinski definition) is 3. The minimum Gasteiger partial charge on any atom is -0.444 e. The van der Waals surface area contributed by atoms with Crippen LogP contribution in [0.15, 0.2) is 4.99 Å². The van der Waals surface area contributed by atoms with Crippen LogP contribution in [0.4, 0.5) is 4.79 Å². The van der Waals surface area contributed by atoms with E-state index in [1.54, 1.807) is 0 Å². The van der Waals surface area contributed by atoms with Crippen LogP contribution in [0.25, 0.3) is 0 Å². The van der Waals surface area contributed by atoms with Gasteiger partial charge in [-0.05, 0) is 59.3 Å². The van der Waals surface area contributed by atoms with Crippen LogP contribution < -0.4 is 10.6 Å². The van der Waals surface area contributed by atoms with E-state index in [0.717, 1.165) is 38.2 Å². The van der Waals surface area contributed by atoms with Crippen LogP contribution in [-0.4, -0.2) is 65.5 Å². The molecule has 2 aliphatic heterocycles. The van der Waals surface area contributed by atoms with Crippen LogP contribution in [0.1, 0.15) is 60.3 Å². The van der Waals surface area contributed by atoms with Crippen molar-refractivity contribution in [1.82, 2.24) is 15.5 Å². The molecule has 2 bridgehead atoms. The number of fused-ring (bicyclic) bond motifs is 2. The second-order valence-corrected chi connectivity index (χ2v) is 8.59. The minimum absolute atomic E-state index is 0. The largest absolute Gasteiger partial charge is 0.444 e. The Balaban J connectivity index is 0.00000364. The second kappa shape index (κ2) is 10.7. The van der Waals surface area contributed by atoms with Crippen molar-refractivity contribution in [2.45, 2.75) is 84.0 Å². The third kappa shape index (κ3) is 7.29. The number of nitrogens with one attached hydrogen (secondary N) is 2. The second-order valence-electron chi connectivity index (χ2n) is 8.59. The molecular weight excluding hydrogens is 459 g/mol. The Morgan fingerprint density at radius 2 is 1.89 bits per heavy atom. The summed E-state index contributed by atoms with van der Waals surface area (Å²) < 4.78 is 5.60. The molecule has 0 aliphatic carbocycles. The van der Waals surface area contributed by atoms with Crippen molar-refractivity contribution in [2.24, 2.45) is 10.9 Å². The van der Waals surface area contributed by atoms with Gasteiger partial charge in [0, 0.05) is 37.8 Å². The van der Waals surface area contributed by atoms with Gasteiger partial charge in [-0.1, -0.05) is 6.92 Å². The molecule has 0 aromatic heterocycles. The Morgan fingerprint density at radius 3 is 2.37 bits per heavy atom. The fourth-order valence-electron chi connectivity index (χ4n) is 3.73. The Morgan fingerprint density at radius 1 is 1.30 bits per heavy atom. The number of piperidine rings is 1. The summed E-state index contributed by atoms with van der Waals surface area (Å²) in [7, 11) is 0. The first-order valence-corrected chi connectivity index (χ1v) is 9.90. The van der Waals surface area contributed by atoms with Crippen LogP contribution >= 0.6 is 24.0 Å². The van der Waals surface area contributed by atoms with Gasteiger partial charge in [-0.25, -0.2) is 4.79 Å². The lowest BCUT2D eigenvalue weighted by Gasteiger charge is -2.40. The molecular formula is C19H37IN4O3. The maximum Gasteiger partial charge on any atom is 0.410 e.